The number of carbonyl (C=O) groups is 1. The lowest BCUT2D eigenvalue weighted by Crippen LogP contribution is -2.24. The summed E-state index contributed by atoms with van der Waals surface area (Å²) >= 11 is 0. The Kier molecular flexibility index (Phi) is 6.42. The Labute approximate surface area is 142 Å². The second-order valence-corrected chi connectivity index (χ2v) is 4.64. The number of rotatable bonds is 7. The van der Waals surface area contributed by atoms with Crippen LogP contribution in [0.2, 0.25) is 0 Å². The maximum atomic E-state index is 12.0. The van der Waals surface area contributed by atoms with Crippen molar-refractivity contribution in [2.75, 3.05) is 6.61 Å². The molecule has 2 aromatic rings. The van der Waals surface area contributed by atoms with Crippen LogP contribution in [0.5, 0.6) is 11.5 Å². The highest BCUT2D eigenvalue weighted by Crippen LogP contribution is 2.16. The summed E-state index contributed by atoms with van der Waals surface area (Å²) in [7, 11) is 0. The SMILES string of the molecule is N#Cc1ccccc1OCC(=O)N/N=C\c1ccc(OC(F)F)cc1. The Balaban J connectivity index is 1.81. The molecule has 2 rings (SSSR count). The highest BCUT2D eigenvalue weighted by atomic mass is 19.3. The van der Waals surface area contributed by atoms with E-state index < -0.39 is 12.5 Å². The van der Waals surface area contributed by atoms with Crippen molar-refractivity contribution in [3.63, 3.8) is 0 Å². The molecule has 0 aliphatic carbocycles. The Morgan fingerprint density at radius 2 is 1.96 bits per heavy atom. The molecule has 1 N–H and O–H groups in total. The summed E-state index contributed by atoms with van der Waals surface area (Å²) in [5.41, 5.74) is 3.16. The van der Waals surface area contributed by atoms with Crippen LogP contribution in [0.4, 0.5) is 8.78 Å². The molecule has 0 saturated heterocycles. The van der Waals surface area contributed by atoms with Gasteiger partial charge in [-0.05, 0) is 42.0 Å². The molecule has 0 heterocycles. The highest BCUT2D eigenvalue weighted by molar-refractivity contribution is 5.83. The average molecular weight is 345 g/mol. The highest BCUT2D eigenvalue weighted by Gasteiger charge is 2.05. The van der Waals surface area contributed by atoms with Crippen LogP contribution in [0.1, 0.15) is 11.1 Å². The fourth-order valence-corrected chi connectivity index (χ4v) is 1.77. The number of para-hydroxylation sites is 1. The molecule has 8 heteroatoms. The van der Waals surface area contributed by atoms with Crippen LogP contribution in [-0.2, 0) is 4.79 Å². The van der Waals surface area contributed by atoms with E-state index in [1.807, 2.05) is 6.07 Å². The Morgan fingerprint density at radius 3 is 2.64 bits per heavy atom. The second-order valence-electron chi connectivity index (χ2n) is 4.64. The zero-order valence-corrected chi connectivity index (χ0v) is 12.9. The van der Waals surface area contributed by atoms with Crippen LogP contribution in [0.15, 0.2) is 53.6 Å². The summed E-state index contributed by atoms with van der Waals surface area (Å²) in [5, 5.41) is 12.6. The first-order valence-corrected chi connectivity index (χ1v) is 7.07. The van der Waals surface area contributed by atoms with Gasteiger partial charge in [0.15, 0.2) is 6.61 Å². The lowest BCUT2D eigenvalue weighted by molar-refractivity contribution is -0.123. The molecule has 0 aromatic heterocycles. The third-order valence-corrected chi connectivity index (χ3v) is 2.87. The maximum absolute atomic E-state index is 12.0. The van der Waals surface area contributed by atoms with Gasteiger partial charge in [0.25, 0.3) is 5.91 Å². The van der Waals surface area contributed by atoms with Crippen molar-refractivity contribution in [2.45, 2.75) is 6.61 Å². The fourth-order valence-electron chi connectivity index (χ4n) is 1.77. The normalized spacial score (nSPS) is 10.5. The predicted molar refractivity (Wildman–Crippen MR) is 85.5 cm³/mol. The molecule has 128 valence electrons. The van der Waals surface area contributed by atoms with Crippen molar-refractivity contribution in [2.24, 2.45) is 5.10 Å². The van der Waals surface area contributed by atoms with Crippen LogP contribution in [-0.4, -0.2) is 25.3 Å². The Hall–Kier alpha value is -3.47. The first kappa shape index (κ1) is 17.9. The summed E-state index contributed by atoms with van der Waals surface area (Å²) in [4.78, 5) is 11.6. The van der Waals surface area contributed by atoms with E-state index in [0.717, 1.165) is 0 Å². The van der Waals surface area contributed by atoms with Gasteiger partial charge in [-0.3, -0.25) is 4.79 Å². The summed E-state index contributed by atoms with van der Waals surface area (Å²) in [6.07, 6.45) is 1.34. The molecule has 1 amide bonds. The zero-order chi connectivity index (χ0) is 18.1. The van der Waals surface area contributed by atoms with E-state index in [4.69, 9.17) is 10.00 Å². The lowest BCUT2D eigenvalue weighted by atomic mass is 10.2. The number of hydrogen-bond donors (Lipinski definition) is 1. The summed E-state index contributed by atoms with van der Waals surface area (Å²) in [6.45, 7) is -3.19. The van der Waals surface area contributed by atoms with Crippen molar-refractivity contribution < 1.29 is 23.0 Å². The second kappa shape index (κ2) is 8.98. The van der Waals surface area contributed by atoms with Crippen LogP contribution in [0.25, 0.3) is 0 Å². The minimum atomic E-state index is -2.88. The zero-order valence-electron chi connectivity index (χ0n) is 12.9. The number of nitrogens with one attached hydrogen (secondary N) is 1. The number of hydrazone groups is 1. The molecule has 2 aromatic carbocycles. The number of amides is 1. The summed E-state index contributed by atoms with van der Waals surface area (Å²) in [6, 6.07) is 14.2. The Bertz CT molecular complexity index is 786. The minimum Gasteiger partial charge on any atom is -0.482 e. The number of alkyl halides is 2. The van der Waals surface area contributed by atoms with Gasteiger partial charge in [0, 0.05) is 0 Å². The van der Waals surface area contributed by atoms with Crippen LogP contribution in [0, 0.1) is 11.3 Å². The topological polar surface area (TPSA) is 83.7 Å². The molecule has 0 atom stereocenters. The van der Waals surface area contributed by atoms with Crippen molar-refractivity contribution in [1.29, 1.82) is 5.26 Å². The lowest BCUT2D eigenvalue weighted by Gasteiger charge is -2.06. The monoisotopic (exact) mass is 345 g/mol. The van der Waals surface area contributed by atoms with Crippen molar-refractivity contribution in [3.05, 3.63) is 59.7 Å². The molecule has 25 heavy (non-hydrogen) atoms. The number of benzene rings is 2. The standard InChI is InChI=1S/C17H13F2N3O3/c18-17(19)25-14-7-5-12(6-8-14)10-21-22-16(23)11-24-15-4-2-1-3-13(15)9-20/h1-8,10,17H,11H2,(H,22,23)/b21-10-. The molecule has 0 saturated carbocycles. The van der Waals surface area contributed by atoms with Crippen molar-refractivity contribution >= 4 is 12.1 Å². The molecule has 0 radical (unpaired) electrons. The molecule has 6 nitrogen and oxygen atoms in total. The molecule has 0 unspecified atom stereocenters. The quantitative estimate of drug-likeness (QED) is 0.618. The number of nitrogens with zero attached hydrogens (tertiary/aromatic N) is 2. The number of carbonyl (C=O) groups excluding carboxylic acids is 1. The molecule has 0 bridgehead atoms. The van der Waals surface area contributed by atoms with E-state index in [1.165, 1.54) is 30.5 Å². The number of ether oxygens (including phenoxy) is 2. The van der Waals surface area contributed by atoms with E-state index in [9.17, 15) is 13.6 Å². The van der Waals surface area contributed by atoms with Gasteiger partial charge in [0.05, 0.1) is 11.8 Å². The van der Waals surface area contributed by atoms with Crippen LogP contribution in [0.3, 0.4) is 0 Å². The van der Waals surface area contributed by atoms with Gasteiger partial charge in [-0.15, -0.1) is 0 Å². The third-order valence-electron chi connectivity index (χ3n) is 2.87. The van der Waals surface area contributed by atoms with Gasteiger partial charge in [-0.25, -0.2) is 5.43 Å². The minimum absolute atomic E-state index is 0.0285. The van der Waals surface area contributed by atoms with Gasteiger partial charge in [0.2, 0.25) is 0 Å². The summed E-state index contributed by atoms with van der Waals surface area (Å²) < 4.78 is 33.5. The first-order chi connectivity index (χ1) is 12.1. The molecular formula is C17H13F2N3O3. The van der Waals surface area contributed by atoms with Crippen molar-refractivity contribution in [3.8, 4) is 17.6 Å². The van der Waals surface area contributed by atoms with Gasteiger partial charge in [-0.1, -0.05) is 12.1 Å². The maximum Gasteiger partial charge on any atom is 0.387 e. The predicted octanol–water partition coefficient (Wildman–Crippen LogP) is 2.69. The molecule has 0 aliphatic rings. The summed E-state index contributed by atoms with van der Waals surface area (Å²) in [5.74, 6) is -0.180. The molecular weight excluding hydrogens is 332 g/mol. The molecule has 0 aliphatic heterocycles. The van der Waals surface area contributed by atoms with Gasteiger partial charge < -0.3 is 9.47 Å². The molecule has 0 spiro atoms. The number of hydrogen-bond acceptors (Lipinski definition) is 5. The average Bonchev–Trinajstić information content (AvgIpc) is 2.61. The van der Waals surface area contributed by atoms with Gasteiger partial charge in [0.1, 0.15) is 17.6 Å². The van der Waals surface area contributed by atoms with E-state index in [1.54, 1.807) is 24.3 Å². The smallest absolute Gasteiger partial charge is 0.387 e. The van der Waals surface area contributed by atoms with E-state index in [0.29, 0.717) is 16.9 Å². The van der Waals surface area contributed by atoms with Gasteiger partial charge >= 0.3 is 6.61 Å². The third kappa shape index (κ3) is 5.91. The van der Waals surface area contributed by atoms with Crippen molar-refractivity contribution in [1.82, 2.24) is 5.43 Å². The van der Waals surface area contributed by atoms with Crippen LogP contribution < -0.4 is 14.9 Å². The van der Waals surface area contributed by atoms with E-state index >= 15 is 0 Å². The number of nitriles is 1. The molecule has 0 fully saturated rings. The van der Waals surface area contributed by atoms with E-state index in [2.05, 4.69) is 15.3 Å². The first-order valence-electron chi connectivity index (χ1n) is 7.07. The largest absolute Gasteiger partial charge is 0.482 e. The fraction of sp³-hybridized carbons (Fsp3) is 0.118. The van der Waals surface area contributed by atoms with E-state index in [-0.39, 0.29) is 12.4 Å². The number of halogens is 2. The Morgan fingerprint density at radius 1 is 1.24 bits per heavy atom. The van der Waals surface area contributed by atoms with Gasteiger partial charge in [-0.2, -0.15) is 19.1 Å². The van der Waals surface area contributed by atoms with Crippen LogP contribution >= 0.6 is 0 Å².